The number of hydrogen-bond donors (Lipinski definition) is 1. The Labute approximate surface area is 117 Å². The second kappa shape index (κ2) is 7.52. The molecule has 0 aromatic heterocycles. The van der Waals surface area contributed by atoms with Crippen LogP contribution in [0.4, 0.5) is 0 Å². The second-order valence-electron chi connectivity index (χ2n) is 3.88. The minimum atomic E-state index is 0.402. The predicted octanol–water partition coefficient (Wildman–Crippen LogP) is 3.37. The lowest BCUT2D eigenvalue weighted by Crippen LogP contribution is -2.08. The number of rotatable bonds is 6. The van der Waals surface area contributed by atoms with Crippen molar-refractivity contribution >= 4 is 23.2 Å². The summed E-state index contributed by atoms with van der Waals surface area (Å²) < 4.78 is 11.0. The van der Waals surface area contributed by atoms with E-state index < -0.39 is 0 Å². The third-order valence-electron chi connectivity index (χ3n) is 2.36. The molecule has 2 N–H and O–H groups in total. The highest BCUT2D eigenvalue weighted by atomic mass is 35.5. The molecule has 0 aliphatic heterocycles. The first-order chi connectivity index (χ1) is 8.62. The maximum atomic E-state index is 6.02. The molecule has 0 fully saturated rings. The van der Waals surface area contributed by atoms with Gasteiger partial charge in [-0.25, -0.2) is 0 Å². The highest BCUT2D eigenvalue weighted by Crippen LogP contribution is 2.35. The van der Waals surface area contributed by atoms with Gasteiger partial charge in [0.2, 0.25) is 0 Å². The van der Waals surface area contributed by atoms with Gasteiger partial charge in [0.15, 0.2) is 11.5 Å². The van der Waals surface area contributed by atoms with Crippen molar-refractivity contribution in [1.29, 1.82) is 0 Å². The molecular weight excluding hydrogens is 273 g/mol. The minimum absolute atomic E-state index is 0.402. The SMILES string of the molecule is COc1cc(Cl)cc(CCN)c1OC/C(C)=C/Cl. The molecule has 0 spiro atoms. The summed E-state index contributed by atoms with van der Waals surface area (Å²) in [5.41, 5.74) is 8.93. The zero-order valence-corrected chi connectivity index (χ0v) is 12.0. The quantitative estimate of drug-likeness (QED) is 0.873. The van der Waals surface area contributed by atoms with Crippen LogP contribution >= 0.6 is 23.2 Å². The number of hydrogen-bond acceptors (Lipinski definition) is 3. The molecule has 5 heteroatoms. The van der Waals surface area contributed by atoms with Gasteiger partial charge in [-0.2, -0.15) is 0 Å². The molecule has 1 aromatic rings. The molecule has 0 radical (unpaired) electrons. The van der Waals surface area contributed by atoms with Crippen LogP contribution in [0.25, 0.3) is 0 Å². The molecule has 0 saturated heterocycles. The Morgan fingerprint density at radius 1 is 1.44 bits per heavy atom. The molecule has 0 bridgehead atoms. The van der Waals surface area contributed by atoms with E-state index in [1.807, 2.05) is 13.0 Å². The molecule has 100 valence electrons. The fourth-order valence-corrected chi connectivity index (χ4v) is 1.79. The maximum Gasteiger partial charge on any atom is 0.164 e. The van der Waals surface area contributed by atoms with E-state index in [0.717, 1.165) is 11.1 Å². The van der Waals surface area contributed by atoms with E-state index in [0.29, 0.717) is 36.1 Å². The van der Waals surface area contributed by atoms with Gasteiger partial charge in [-0.3, -0.25) is 0 Å². The number of nitrogens with two attached hydrogens (primary N) is 1. The summed E-state index contributed by atoms with van der Waals surface area (Å²) in [6, 6.07) is 3.56. The van der Waals surface area contributed by atoms with Crippen LogP contribution in [-0.4, -0.2) is 20.3 Å². The summed E-state index contributed by atoms with van der Waals surface area (Å²) in [6.45, 7) is 2.81. The van der Waals surface area contributed by atoms with E-state index in [-0.39, 0.29) is 0 Å². The van der Waals surface area contributed by atoms with E-state index >= 15 is 0 Å². The normalized spacial score (nSPS) is 11.5. The zero-order valence-electron chi connectivity index (χ0n) is 10.5. The van der Waals surface area contributed by atoms with E-state index in [9.17, 15) is 0 Å². The highest BCUT2D eigenvalue weighted by Gasteiger charge is 2.12. The Bertz CT molecular complexity index is 433. The van der Waals surface area contributed by atoms with Crippen molar-refractivity contribution in [2.45, 2.75) is 13.3 Å². The molecule has 0 aliphatic carbocycles. The Morgan fingerprint density at radius 3 is 2.72 bits per heavy atom. The first kappa shape index (κ1) is 15.2. The molecule has 3 nitrogen and oxygen atoms in total. The smallest absolute Gasteiger partial charge is 0.164 e. The van der Waals surface area contributed by atoms with Crippen molar-refractivity contribution < 1.29 is 9.47 Å². The lowest BCUT2D eigenvalue weighted by atomic mass is 10.1. The summed E-state index contributed by atoms with van der Waals surface area (Å²) in [5.74, 6) is 1.28. The molecular formula is C13H17Cl2NO2. The number of halogens is 2. The minimum Gasteiger partial charge on any atom is -0.493 e. The summed E-state index contributed by atoms with van der Waals surface area (Å²) in [6.07, 6.45) is 0.676. The van der Waals surface area contributed by atoms with Crippen LogP contribution in [0.3, 0.4) is 0 Å². The fourth-order valence-electron chi connectivity index (χ4n) is 1.50. The fraction of sp³-hybridized carbons (Fsp3) is 0.385. The summed E-state index contributed by atoms with van der Waals surface area (Å²) >= 11 is 11.6. The zero-order chi connectivity index (χ0) is 13.5. The maximum absolute atomic E-state index is 6.02. The van der Waals surface area contributed by atoms with Gasteiger partial charge in [0.25, 0.3) is 0 Å². The summed E-state index contributed by atoms with van der Waals surface area (Å²) in [7, 11) is 1.58. The Morgan fingerprint density at radius 2 is 2.17 bits per heavy atom. The standard InChI is InChI=1S/C13H17Cl2NO2/c1-9(7-14)8-18-13-10(3-4-16)5-11(15)6-12(13)17-2/h5-7H,3-4,8,16H2,1-2H3/b9-7+. The van der Waals surface area contributed by atoms with Crippen LogP contribution in [0.1, 0.15) is 12.5 Å². The number of methoxy groups -OCH3 is 1. The molecule has 0 heterocycles. The van der Waals surface area contributed by atoms with Gasteiger partial charge < -0.3 is 15.2 Å². The van der Waals surface area contributed by atoms with Crippen molar-refractivity contribution in [1.82, 2.24) is 0 Å². The molecule has 0 saturated carbocycles. The van der Waals surface area contributed by atoms with Gasteiger partial charge in [-0.05, 0) is 31.5 Å². The molecule has 1 aromatic carbocycles. The second-order valence-corrected chi connectivity index (χ2v) is 4.53. The largest absolute Gasteiger partial charge is 0.493 e. The van der Waals surface area contributed by atoms with Crippen molar-refractivity contribution in [3.63, 3.8) is 0 Å². The lowest BCUT2D eigenvalue weighted by molar-refractivity contribution is 0.316. The van der Waals surface area contributed by atoms with Crippen molar-refractivity contribution in [3.8, 4) is 11.5 Å². The first-order valence-electron chi connectivity index (χ1n) is 5.57. The van der Waals surface area contributed by atoms with Crippen LogP contribution in [0.2, 0.25) is 5.02 Å². The third-order valence-corrected chi connectivity index (χ3v) is 2.95. The average molecular weight is 290 g/mol. The van der Waals surface area contributed by atoms with Crippen LogP contribution < -0.4 is 15.2 Å². The molecule has 0 unspecified atom stereocenters. The van der Waals surface area contributed by atoms with Crippen LogP contribution in [0, 0.1) is 0 Å². The average Bonchev–Trinajstić information content (AvgIpc) is 2.36. The molecule has 0 aliphatic rings. The lowest BCUT2D eigenvalue weighted by Gasteiger charge is -2.15. The highest BCUT2D eigenvalue weighted by molar-refractivity contribution is 6.30. The molecule has 1 rings (SSSR count). The van der Waals surface area contributed by atoms with Crippen LogP contribution in [0.15, 0.2) is 23.2 Å². The summed E-state index contributed by atoms with van der Waals surface area (Å²) in [5, 5.41) is 0.604. The van der Waals surface area contributed by atoms with E-state index in [1.165, 1.54) is 5.54 Å². The van der Waals surface area contributed by atoms with Gasteiger partial charge >= 0.3 is 0 Å². The van der Waals surface area contributed by atoms with Gasteiger partial charge in [-0.1, -0.05) is 23.2 Å². The van der Waals surface area contributed by atoms with Gasteiger partial charge in [0, 0.05) is 22.2 Å². The Hall–Kier alpha value is -0.900. The van der Waals surface area contributed by atoms with Crippen molar-refractivity contribution in [3.05, 3.63) is 33.8 Å². The Kier molecular flexibility index (Phi) is 6.33. The predicted molar refractivity (Wildman–Crippen MR) is 75.9 cm³/mol. The summed E-state index contributed by atoms with van der Waals surface area (Å²) in [4.78, 5) is 0. The van der Waals surface area contributed by atoms with E-state index in [4.69, 9.17) is 38.4 Å². The van der Waals surface area contributed by atoms with Gasteiger partial charge in [0.1, 0.15) is 6.61 Å². The first-order valence-corrected chi connectivity index (χ1v) is 6.39. The van der Waals surface area contributed by atoms with E-state index in [1.54, 1.807) is 13.2 Å². The van der Waals surface area contributed by atoms with Gasteiger partial charge in [-0.15, -0.1) is 0 Å². The van der Waals surface area contributed by atoms with Gasteiger partial charge in [0.05, 0.1) is 7.11 Å². The van der Waals surface area contributed by atoms with Crippen molar-refractivity contribution in [2.24, 2.45) is 5.73 Å². The monoisotopic (exact) mass is 289 g/mol. The molecule has 0 amide bonds. The van der Waals surface area contributed by atoms with Crippen molar-refractivity contribution in [2.75, 3.05) is 20.3 Å². The Balaban J connectivity index is 3.04. The number of benzene rings is 1. The third kappa shape index (κ3) is 4.09. The van der Waals surface area contributed by atoms with Crippen LogP contribution in [0.5, 0.6) is 11.5 Å². The topological polar surface area (TPSA) is 44.5 Å². The molecule has 0 atom stereocenters. The molecule has 18 heavy (non-hydrogen) atoms. The van der Waals surface area contributed by atoms with Crippen LogP contribution in [-0.2, 0) is 6.42 Å². The van der Waals surface area contributed by atoms with E-state index in [2.05, 4.69) is 0 Å². The number of ether oxygens (including phenoxy) is 2.